The Kier molecular flexibility index (Phi) is 2.66. The Balaban J connectivity index is 1.91. The molecule has 1 aliphatic rings. The normalized spacial score (nSPS) is 14.2. The second-order valence-corrected chi connectivity index (χ2v) is 4.33. The Labute approximate surface area is 105 Å². The summed E-state index contributed by atoms with van der Waals surface area (Å²) in [5.74, 6) is 0.499. The zero-order chi connectivity index (χ0) is 12.5. The quantitative estimate of drug-likeness (QED) is 0.812. The lowest BCUT2D eigenvalue weighted by Gasteiger charge is -2.31. The van der Waals surface area contributed by atoms with Crippen molar-refractivity contribution in [2.24, 2.45) is 7.05 Å². The van der Waals surface area contributed by atoms with Crippen LogP contribution in [0.4, 0.5) is 10.1 Å². The van der Waals surface area contributed by atoms with E-state index in [9.17, 15) is 4.39 Å². The van der Waals surface area contributed by atoms with E-state index in [1.54, 1.807) is 12.3 Å². The van der Waals surface area contributed by atoms with Crippen molar-refractivity contribution in [3.63, 3.8) is 0 Å². The Morgan fingerprint density at radius 3 is 3.06 bits per heavy atom. The number of fused-ring (bicyclic) bond motifs is 1. The number of aromatic nitrogens is 2. The molecule has 0 unspecified atom stereocenters. The fourth-order valence-electron chi connectivity index (χ4n) is 2.16. The van der Waals surface area contributed by atoms with Gasteiger partial charge in [0.15, 0.2) is 0 Å². The highest BCUT2D eigenvalue weighted by atomic mass is 19.1. The number of rotatable bonds is 2. The molecular formula is C13H14FN3O. The molecule has 5 heteroatoms. The highest BCUT2D eigenvalue weighted by Gasteiger charge is 2.19. The van der Waals surface area contributed by atoms with Crippen molar-refractivity contribution in [1.29, 1.82) is 0 Å². The zero-order valence-corrected chi connectivity index (χ0v) is 10.1. The minimum atomic E-state index is -0.241. The van der Waals surface area contributed by atoms with Crippen molar-refractivity contribution in [1.82, 2.24) is 9.78 Å². The van der Waals surface area contributed by atoms with E-state index < -0.39 is 0 Å². The number of benzene rings is 1. The maximum absolute atomic E-state index is 13.3. The third-order valence-corrected chi connectivity index (χ3v) is 3.16. The first-order valence-electron chi connectivity index (χ1n) is 5.88. The predicted octanol–water partition coefficient (Wildman–Crippen LogP) is 1.96. The van der Waals surface area contributed by atoms with Crippen LogP contribution >= 0.6 is 0 Å². The minimum absolute atomic E-state index is 0.241. The molecule has 2 heterocycles. The van der Waals surface area contributed by atoms with Crippen LogP contribution in [0.15, 0.2) is 30.5 Å². The standard InChI is InChI=1S/C13H14FN3O/c1-16-11(4-5-15-16)9-17-6-7-18-13-3-2-10(14)8-12(13)17/h2-5,8H,6-7,9H2,1H3. The molecule has 0 saturated heterocycles. The third-order valence-electron chi connectivity index (χ3n) is 3.16. The molecule has 0 radical (unpaired) electrons. The summed E-state index contributed by atoms with van der Waals surface area (Å²) in [6.45, 7) is 2.08. The van der Waals surface area contributed by atoms with Crippen LogP contribution in [0.3, 0.4) is 0 Å². The van der Waals surface area contributed by atoms with E-state index >= 15 is 0 Å². The van der Waals surface area contributed by atoms with Gasteiger partial charge in [0.25, 0.3) is 0 Å². The highest BCUT2D eigenvalue weighted by molar-refractivity contribution is 5.60. The van der Waals surface area contributed by atoms with Crippen LogP contribution in [0.25, 0.3) is 0 Å². The minimum Gasteiger partial charge on any atom is -0.490 e. The van der Waals surface area contributed by atoms with Gasteiger partial charge in [-0.3, -0.25) is 4.68 Å². The van der Waals surface area contributed by atoms with Crippen molar-refractivity contribution < 1.29 is 9.13 Å². The number of ether oxygens (including phenoxy) is 1. The lowest BCUT2D eigenvalue weighted by Crippen LogP contribution is -2.32. The van der Waals surface area contributed by atoms with Crippen LogP contribution in [0.5, 0.6) is 5.75 Å². The van der Waals surface area contributed by atoms with Gasteiger partial charge in [0, 0.05) is 19.3 Å². The largest absolute Gasteiger partial charge is 0.490 e. The summed E-state index contributed by atoms with van der Waals surface area (Å²) in [5, 5.41) is 4.14. The Hall–Kier alpha value is -2.04. The van der Waals surface area contributed by atoms with Crippen LogP contribution in [0.1, 0.15) is 5.69 Å². The Morgan fingerprint density at radius 2 is 2.28 bits per heavy atom. The number of hydrogen-bond donors (Lipinski definition) is 0. The highest BCUT2D eigenvalue weighted by Crippen LogP contribution is 2.32. The van der Waals surface area contributed by atoms with E-state index in [2.05, 4.69) is 10.00 Å². The van der Waals surface area contributed by atoms with E-state index in [4.69, 9.17) is 4.74 Å². The maximum Gasteiger partial charge on any atom is 0.142 e. The van der Waals surface area contributed by atoms with Gasteiger partial charge in [0.1, 0.15) is 18.2 Å². The number of hydrogen-bond acceptors (Lipinski definition) is 3. The number of nitrogens with zero attached hydrogens (tertiary/aromatic N) is 3. The molecule has 1 aliphatic heterocycles. The first-order valence-corrected chi connectivity index (χ1v) is 5.88. The Morgan fingerprint density at radius 1 is 1.39 bits per heavy atom. The van der Waals surface area contributed by atoms with E-state index in [1.807, 2.05) is 17.8 Å². The van der Waals surface area contributed by atoms with Gasteiger partial charge in [-0.2, -0.15) is 5.10 Å². The lowest BCUT2D eigenvalue weighted by atomic mass is 10.2. The molecule has 0 aliphatic carbocycles. The Bertz CT molecular complexity index is 567. The molecule has 0 amide bonds. The number of halogens is 1. The molecule has 3 rings (SSSR count). The molecule has 1 aromatic heterocycles. The molecular weight excluding hydrogens is 233 g/mol. The molecule has 1 aromatic carbocycles. The molecule has 0 fully saturated rings. The topological polar surface area (TPSA) is 30.3 Å². The number of aryl methyl sites for hydroxylation is 1. The SMILES string of the molecule is Cn1nccc1CN1CCOc2ccc(F)cc21. The summed E-state index contributed by atoms with van der Waals surface area (Å²) in [7, 11) is 1.91. The summed E-state index contributed by atoms with van der Waals surface area (Å²) >= 11 is 0. The van der Waals surface area contributed by atoms with Gasteiger partial charge in [-0.25, -0.2) is 4.39 Å². The first-order chi connectivity index (χ1) is 8.74. The fourth-order valence-corrected chi connectivity index (χ4v) is 2.16. The van der Waals surface area contributed by atoms with E-state index in [1.165, 1.54) is 12.1 Å². The monoisotopic (exact) mass is 247 g/mol. The summed E-state index contributed by atoms with van der Waals surface area (Å²) in [5.41, 5.74) is 1.90. The van der Waals surface area contributed by atoms with Crippen molar-refractivity contribution in [2.45, 2.75) is 6.54 Å². The van der Waals surface area contributed by atoms with Crippen LogP contribution in [-0.2, 0) is 13.6 Å². The van der Waals surface area contributed by atoms with Crippen molar-refractivity contribution in [3.05, 3.63) is 42.0 Å². The first kappa shape index (κ1) is 11.1. The lowest BCUT2D eigenvalue weighted by molar-refractivity contribution is 0.305. The predicted molar refractivity (Wildman–Crippen MR) is 66.2 cm³/mol. The molecule has 4 nitrogen and oxygen atoms in total. The molecule has 0 spiro atoms. The third kappa shape index (κ3) is 1.92. The van der Waals surface area contributed by atoms with Crippen molar-refractivity contribution >= 4 is 5.69 Å². The molecule has 18 heavy (non-hydrogen) atoms. The molecule has 94 valence electrons. The van der Waals surface area contributed by atoms with Gasteiger partial charge in [-0.15, -0.1) is 0 Å². The molecule has 0 saturated carbocycles. The molecule has 2 aromatic rings. The van der Waals surface area contributed by atoms with E-state index in [0.717, 1.165) is 23.7 Å². The van der Waals surface area contributed by atoms with Gasteiger partial charge in [0.05, 0.1) is 24.5 Å². The second kappa shape index (κ2) is 4.33. The smallest absolute Gasteiger partial charge is 0.142 e. The summed E-state index contributed by atoms with van der Waals surface area (Å²) in [6, 6.07) is 6.59. The number of anilines is 1. The van der Waals surface area contributed by atoms with Crippen molar-refractivity contribution in [2.75, 3.05) is 18.1 Å². The van der Waals surface area contributed by atoms with Gasteiger partial charge in [-0.05, 0) is 18.2 Å². The molecule has 0 N–H and O–H groups in total. The summed E-state index contributed by atoms with van der Waals surface area (Å²) in [6.07, 6.45) is 1.77. The van der Waals surface area contributed by atoms with Gasteiger partial charge < -0.3 is 9.64 Å². The molecule has 0 atom stereocenters. The molecule has 0 bridgehead atoms. The van der Waals surface area contributed by atoms with E-state index in [0.29, 0.717) is 13.2 Å². The second-order valence-electron chi connectivity index (χ2n) is 4.33. The van der Waals surface area contributed by atoms with Gasteiger partial charge >= 0.3 is 0 Å². The van der Waals surface area contributed by atoms with Crippen molar-refractivity contribution in [3.8, 4) is 5.75 Å². The summed E-state index contributed by atoms with van der Waals surface area (Å²) < 4.78 is 20.7. The van der Waals surface area contributed by atoms with Gasteiger partial charge in [-0.1, -0.05) is 0 Å². The van der Waals surface area contributed by atoms with Crippen LogP contribution in [0, 0.1) is 5.82 Å². The van der Waals surface area contributed by atoms with E-state index in [-0.39, 0.29) is 5.82 Å². The average Bonchev–Trinajstić information content (AvgIpc) is 2.76. The van der Waals surface area contributed by atoms with Crippen LogP contribution in [0.2, 0.25) is 0 Å². The van der Waals surface area contributed by atoms with Crippen LogP contribution in [-0.4, -0.2) is 22.9 Å². The average molecular weight is 247 g/mol. The van der Waals surface area contributed by atoms with Gasteiger partial charge in [0.2, 0.25) is 0 Å². The zero-order valence-electron chi connectivity index (χ0n) is 10.1. The van der Waals surface area contributed by atoms with Crippen LogP contribution < -0.4 is 9.64 Å². The maximum atomic E-state index is 13.3. The fraction of sp³-hybridized carbons (Fsp3) is 0.308. The summed E-state index contributed by atoms with van der Waals surface area (Å²) in [4.78, 5) is 2.11.